The second-order valence-electron chi connectivity index (χ2n) is 13.0. The summed E-state index contributed by atoms with van der Waals surface area (Å²) in [5, 5.41) is 0. The lowest BCUT2D eigenvalue weighted by Crippen LogP contribution is -2.65. The second-order valence-corrected chi connectivity index (χ2v) is 13.0. The lowest BCUT2D eigenvalue weighted by molar-refractivity contribution is -0.300. The van der Waals surface area contributed by atoms with Gasteiger partial charge < -0.3 is 28.4 Å². The van der Waals surface area contributed by atoms with Gasteiger partial charge in [0.1, 0.15) is 30.0 Å². The third kappa shape index (κ3) is 9.91. The minimum Gasteiger partial charge on any atom is -0.435 e. The number of esters is 1. The standard InChI is InChI=1S/C45H46O7/c1-34-23-25-40(26-24-34)45(27-28-48-35(2)46)44(51-32-39-21-13-6-14-22-39)43(50-31-38-19-11-5-12-20-38)42(49-30-37-17-9-4-10-18-37)41(52-45)33-47-29-36-15-7-3-8-16-36/h3-28,41-44H,29-33H2,1-2H3/b28-27+/t41-,42+,43+,44-,45-/m1/s1. The molecule has 5 atom stereocenters. The Morgan fingerprint density at radius 1 is 0.615 bits per heavy atom. The van der Waals surface area contributed by atoms with Crippen molar-refractivity contribution in [3.8, 4) is 0 Å². The summed E-state index contributed by atoms with van der Waals surface area (Å²) in [7, 11) is 0. The molecular formula is C45H46O7. The molecule has 5 aromatic rings. The van der Waals surface area contributed by atoms with E-state index in [-0.39, 0.29) is 13.2 Å². The van der Waals surface area contributed by atoms with Gasteiger partial charge in [-0.3, -0.25) is 4.79 Å². The van der Waals surface area contributed by atoms with Crippen LogP contribution in [0, 0.1) is 6.92 Å². The van der Waals surface area contributed by atoms with Gasteiger partial charge in [-0.05, 0) is 40.8 Å². The highest BCUT2D eigenvalue weighted by Gasteiger charge is 2.57. The Kier molecular flexibility index (Phi) is 13.2. The van der Waals surface area contributed by atoms with Crippen LogP contribution in [0.5, 0.6) is 0 Å². The number of ether oxygens (including phenoxy) is 6. The Hall–Kier alpha value is -4.89. The molecule has 0 unspecified atom stereocenters. The monoisotopic (exact) mass is 698 g/mol. The molecule has 5 aromatic carbocycles. The predicted molar refractivity (Wildman–Crippen MR) is 200 cm³/mol. The van der Waals surface area contributed by atoms with Gasteiger partial charge in [0.15, 0.2) is 0 Å². The number of benzene rings is 5. The lowest BCUT2D eigenvalue weighted by atomic mass is 9.79. The summed E-state index contributed by atoms with van der Waals surface area (Å²) in [5.41, 5.74) is 4.66. The fraction of sp³-hybridized carbons (Fsp3) is 0.267. The van der Waals surface area contributed by atoms with E-state index in [4.69, 9.17) is 28.4 Å². The van der Waals surface area contributed by atoms with Gasteiger partial charge in [0, 0.05) is 6.92 Å². The molecule has 6 rings (SSSR count). The van der Waals surface area contributed by atoms with Crippen LogP contribution in [0.4, 0.5) is 0 Å². The van der Waals surface area contributed by atoms with E-state index in [9.17, 15) is 4.79 Å². The van der Waals surface area contributed by atoms with Gasteiger partial charge >= 0.3 is 5.97 Å². The smallest absolute Gasteiger partial charge is 0.307 e. The summed E-state index contributed by atoms with van der Waals surface area (Å²) in [5.74, 6) is -0.448. The first-order chi connectivity index (χ1) is 25.5. The Bertz CT molecular complexity index is 1810. The van der Waals surface area contributed by atoms with E-state index in [2.05, 4.69) is 0 Å². The molecule has 0 aliphatic carbocycles. The van der Waals surface area contributed by atoms with Gasteiger partial charge in [-0.1, -0.05) is 151 Å². The van der Waals surface area contributed by atoms with Crippen molar-refractivity contribution in [2.24, 2.45) is 0 Å². The molecule has 52 heavy (non-hydrogen) atoms. The second kappa shape index (κ2) is 18.6. The van der Waals surface area contributed by atoms with Gasteiger partial charge in [-0.15, -0.1) is 0 Å². The normalized spacial score (nSPS) is 21.6. The first-order valence-corrected chi connectivity index (χ1v) is 17.7. The van der Waals surface area contributed by atoms with Crippen molar-refractivity contribution in [1.29, 1.82) is 0 Å². The highest BCUT2D eigenvalue weighted by Crippen LogP contribution is 2.44. The van der Waals surface area contributed by atoms with Crippen molar-refractivity contribution in [2.45, 2.75) is 70.3 Å². The van der Waals surface area contributed by atoms with Crippen LogP contribution in [0.1, 0.15) is 40.3 Å². The van der Waals surface area contributed by atoms with Crippen LogP contribution in [0.15, 0.2) is 158 Å². The van der Waals surface area contributed by atoms with Crippen molar-refractivity contribution < 1.29 is 33.2 Å². The molecule has 0 saturated carbocycles. The zero-order valence-electron chi connectivity index (χ0n) is 29.7. The van der Waals surface area contributed by atoms with E-state index in [0.717, 1.165) is 33.4 Å². The molecule has 1 fully saturated rings. The molecule has 268 valence electrons. The molecule has 0 amide bonds. The third-order valence-corrected chi connectivity index (χ3v) is 9.05. The number of hydrogen-bond acceptors (Lipinski definition) is 7. The molecule has 0 spiro atoms. The maximum atomic E-state index is 12.1. The van der Waals surface area contributed by atoms with Gasteiger partial charge in [0.25, 0.3) is 0 Å². The maximum Gasteiger partial charge on any atom is 0.307 e. The molecular weight excluding hydrogens is 652 g/mol. The van der Waals surface area contributed by atoms with Gasteiger partial charge in [-0.2, -0.15) is 0 Å². The van der Waals surface area contributed by atoms with Crippen molar-refractivity contribution in [2.75, 3.05) is 6.61 Å². The Labute approximate surface area is 306 Å². The Morgan fingerprint density at radius 2 is 1.08 bits per heavy atom. The summed E-state index contributed by atoms with van der Waals surface area (Å²) in [6.45, 7) is 4.88. The molecule has 0 radical (unpaired) electrons. The largest absolute Gasteiger partial charge is 0.435 e. The third-order valence-electron chi connectivity index (χ3n) is 9.05. The van der Waals surface area contributed by atoms with E-state index in [1.165, 1.54) is 13.2 Å². The fourth-order valence-electron chi connectivity index (χ4n) is 6.41. The highest BCUT2D eigenvalue weighted by molar-refractivity contribution is 5.66. The topological polar surface area (TPSA) is 72.5 Å². The zero-order chi connectivity index (χ0) is 36.0. The van der Waals surface area contributed by atoms with Crippen LogP contribution in [0.25, 0.3) is 0 Å². The quantitative estimate of drug-likeness (QED) is 0.0755. The number of carbonyl (C=O) groups excluding carboxylic acids is 1. The molecule has 0 aromatic heterocycles. The average Bonchev–Trinajstić information content (AvgIpc) is 3.18. The van der Waals surface area contributed by atoms with Crippen LogP contribution in [-0.2, 0) is 65.2 Å². The molecule has 1 saturated heterocycles. The van der Waals surface area contributed by atoms with Crippen LogP contribution >= 0.6 is 0 Å². The maximum absolute atomic E-state index is 12.1. The summed E-state index contributed by atoms with van der Waals surface area (Å²) < 4.78 is 39.9. The van der Waals surface area contributed by atoms with Crippen LogP contribution < -0.4 is 0 Å². The highest BCUT2D eigenvalue weighted by atomic mass is 16.6. The van der Waals surface area contributed by atoms with Crippen molar-refractivity contribution in [3.63, 3.8) is 0 Å². The summed E-state index contributed by atoms with van der Waals surface area (Å²) in [6, 6.07) is 48.2. The summed E-state index contributed by atoms with van der Waals surface area (Å²) in [4.78, 5) is 12.1. The molecule has 7 nitrogen and oxygen atoms in total. The predicted octanol–water partition coefficient (Wildman–Crippen LogP) is 8.64. The number of aryl methyl sites for hydroxylation is 1. The Balaban J connectivity index is 1.46. The molecule has 0 N–H and O–H groups in total. The Morgan fingerprint density at radius 3 is 1.58 bits per heavy atom. The van der Waals surface area contributed by atoms with Crippen LogP contribution in [0.3, 0.4) is 0 Å². The lowest BCUT2D eigenvalue weighted by Gasteiger charge is -2.52. The molecule has 7 heteroatoms. The van der Waals surface area contributed by atoms with E-state index in [1.54, 1.807) is 6.08 Å². The van der Waals surface area contributed by atoms with E-state index in [0.29, 0.717) is 19.8 Å². The van der Waals surface area contributed by atoms with E-state index < -0.39 is 36.0 Å². The first kappa shape index (κ1) is 36.9. The fourth-order valence-corrected chi connectivity index (χ4v) is 6.41. The van der Waals surface area contributed by atoms with Crippen LogP contribution in [-0.4, -0.2) is 37.0 Å². The number of hydrogen-bond donors (Lipinski definition) is 0. The van der Waals surface area contributed by atoms with E-state index in [1.807, 2.05) is 153 Å². The van der Waals surface area contributed by atoms with E-state index >= 15 is 0 Å². The van der Waals surface area contributed by atoms with Crippen LogP contribution in [0.2, 0.25) is 0 Å². The summed E-state index contributed by atoms with van der Waals surface area (Å²) >= 11 is 0. The van der Waals surface area contributed by atoms with Gasteiger partial charge in [-0.25, -0.2) is 0 Å². The number of rotatable bonds is 16. The van der Waals surface area contributed by atoms with Gasteiger partial charge in [0.05, 0.1) is 39.3 Å². The summed E-state index contributed by atoms with van der Waals surface area (Å²) in [6.07, 6.45) is 0.467. The molecule has 1 aliphatic rings. The number of carbonyl (C=O) groups is 1. The SMILES string of the molecule is CC(=O)O/C=C/[C@]1(c2ccc(C)cc2)O[C@H](COCc2ccccc2)[C@H](OCc2ccccc2)[C@H](OCc2ccccc2)[C@H]1OCc1ccccc1. The first-order valence-electron chi connectivity index (χ1n) is 17.7. The molecule has 1 aliphatic heterocycles. The van der Waals surface area contributed by atoms with Crippen molar-refractivity contribution in [1.82, 2.24) is 0 Å². The molecule has 1 heterocycles. The van der Waals surface area contributed by atoms with Crippen molar-refractivity contribution >= 4 is 5.97 Å². The van der Waals surface area contributed by atoms with Crippen molar-refractivity contribution in [3.05, 3.63) is 191 Å². The average molecular weight is 699 g/mol. The molecule has 0 bridgehead atoms. The zero-order valence-corrected chi connectivity index (χ0v) is 29.7. The minimum atomic E-state index is -1.29. The van der Waals surface area contributed by atoms with Gasteiger partial charge in [0.2, 0.25) is 0 Å². The minimum absolute atomic E-state index is 0.194.